The molecule has 0 radical (unpaired) electrons. The van der Waals surface area contributed by atoms with Crippen molar-refractivity contribution in [3.63, 3.8) is 0 Å². The zero-order chi connectivity index (χ0) is 16.7. The summed E-state index contributed by atoms with van der Waals surface area (Å²) in [5, 5.41) is 3.73. The standard InChI is InChI=1S/C21H20N2S/c1-21(2)13-19-17-6-4-3-5-14(17)7-12-18(19)20(23-21)24-16-10-8-15(22)9-11-16/h3-12H,13,22H2,1-2H3. The molecule has 0 fully saturated rings. The van der Waals surface area contributed by atoms with Crippen molar-refractivity contribution in [1.29, 1.82) is 0 Å². The van der Waals surface area contributed by atoms with E-state index >= 15 is 0 Å². The normalized spacial score (nSPS) is 15.8. The first-order chi connectivity index (χ1) is 11.5. The van der Waals surface area contributed by atoms with Gasteiger partial charge in [0.1, 0.15) is 5.04 Å². The molecule has 24 heavy (non-hydrogen) atoms. The van der Waals surface area contributed by atoms with Crippen LogP contribution in [0.4, 0.5) is 5.69 Å². The van der Waals surface area contributed by atoms with Crippen molar-refractivity contribution in [2.75, 3.05) is 5.73 Å². The Morgan fingerprint density at radius 2 is 1.71 bits per heavy atom. The predicted molar refractivity (Wildman–Crippen MR) is 105 cm³/mol. The van der Waals surface area contributed by atoms with Gasteiger partial charge >= 0.3 is 0 Å². The summed E-state index contributed by atoms with van der Waals surface area (Å²) in [5.74, 6) is 0. The van der Waals surface area contributed by atoms with Crippen LogP contribution in [-0.2, 0) is 6.42 Å². The van der Waals surface area contributed by atoms with E-state index in [0.717, 1.165) is 17.2 Å². The number of thioether (sulfide) groups is 1. The quantitative estimate of drug-likeness (QED) is 0.614. The molecule has 0 atom stereocenters. The smallest absolute Gasteiger partial charge is 0.103 e. The first-order valence-corrected chi connectivity index (χ1v) is 8.98. The molecule has 0 saturated carbocycles. The van der Waals surface area contributed by atoms with Gasteiger partial charge in [-0.15, -0.1) is 0 Å². The number of hydrogen-bond donors (Lipinski definition) is 1. The molecule has 0 spiro atoms. The molecule has 120 valence electrons. The molecule has 3 aromatic rings. The van der Waals surface area contributed by atoms with Crippen molar-refractivity contribution >= 4 is 33.3 Å². The van der Waals surface area contributed by atoms with Gasteiger partial charge in [0.2, 0.25) is 0 Å². The Morgan fingerprint density at radius 3 is 2.50 bits per heavy atom. The number of benzene rings is 3. The van der Waals surface area contributed by atoms with Crippen LogP contribution >= 0.6 is 11.8 Å². The number of anilines is 1. The molecule has 0 saturated heterocycles. The molecule has 3 aromatic carbocycles. The third-order valence-electron chi connectivity index (χ3n) is 4.38. The van der Waals surface area contributed by atoms with E-state index in [1.165, 1.54) is 26.8 Å². The van der Waals surface area contributed by atoms with Crippen LogP contribution in [0.1, 0.15) is 25.0 Å². The van der Waals surface area contributed by atoms with Crippen LogP contribution in [0, 0.1) is 0 Å². The minimum absolute atomic E-state index is 0.0900. The van der Waals surface area contributed by atoms with E-state index in [-0.39, 0.29) is 5.54 Å². The molecule has 3 heteroatoms. The number of aliphatic imine (C=N–C) groups is 1. The Kier molecular flexibility index (Phi) is 3.61. The van der Waals surface area contributed by atoms with Gasteiger partial charge in [-0.3, -0.25) is 4.99 Å². The lowest BCUT2D eigenvalue weighted by Gasteiger charge is -2.29. The van der Waals surface area contributed by atoms with Crippen molar-refractivity contribution in [3.8, 4) is 0 Å². The van der Waals surface area contributed by atoms with Crippen molar-refractivity contribution in [3.05, 3.63) is 71.8 Å². The second-order valence-electron chi connectivity index (χ2n) is 6.89. The first-order valence-electron chi connectivity index (χ1n) is 8.16. The fraction of sp³-hybridized carbons (Fsp3) is 0.190. The number of nitrogens with two attached hydrogens (primary N) is 1. The molecule has 2 N–H and O–H groups in total. The Balaban J connectivity index is 1.84. The predicted octanol–water partition coefficient (Wildman–Crippen LogP) is 5.30. The number of hydrogen-bond acceptors (Lipinski definition) is 3. The van der Waals surface area contributed by atoms with Gasteiger partial charge in [-0.1, -0.05) is 48.2 Å². The topological polar surface area (TPSA) is 38.4 Å². The minimum atomic E-state index is -0.0900. The summed E-state index contributed by atoms with van der Waals surface area (Å²) in [4.78, 5) is 6.19. The van der Waals surface area contributed by atoms with Crippen LogP contribution in [0.15, 0.2) is 70.6 Å². The lowest BCUT2D eigenvalue weighted by molar-refractivity contribution is 0.517. The van der Waals surface area contributed by atoms with E-state index in [0.29, 0.717) is 0 Å². The summed E-state index contributed by atoms with van der Waals surface area (Å²) in [6.07, 6.45) is 0.968. The minimum Gasteiger partial charge on any atom is -0.399 e. The molecule has 0 aliphatic carbocycles. The Morgan fingerprint density at radius 1 is 0.958 bits per heavy atom. The van der Waals surface area contributed by atoms with Gasteiger partial charge in [0.15, 0.2) is 0 Å². The zero-order valence-corrected chi connectivity index (χ0v) is 14.7. The maximum absolute atomic E-state index is 5.80. The van der Waals surface area contributed by atoms with Crippen molar-refractivity contribution in [2.45, 2.75) is 30.7 Å². The second-order valence-corrected chi connectivity index (χ2v) is 7.95. The molecule has 0 bridgehead atoms. The molecule has 1 aliphatic heterocycles. The van der Waals surface area contributed by atoms with E-state index < -0.39 is 0 Å². The van der Waals surface area contributed by atoms with E-state index in [2.05, 4.69) is 62.4 Å². The average molecular weight is 332 g/mol. The first kappa shape index (κ1) is 15.3. The Hall–Kier alpha value is -2.26. The van der Waals surface area contributed by atoms with Gasteiger partial charge in [0.25, 0.3) is 0 Å². The largest absolute Gasteiger partial charge is 0.399 e. The van der Waals surface area contributed by atoms with Gasteiger partial charge in [-0.05, 0) is 60.9 Å². The highest BCUT2D eigenvalue weighted by atomic mass is 32.2. The Bertz CT molecular complexity index is 940. The van der Waals surface area contributed by atoms with Crippen molar-refractivity contribution < 1.29 is 0 Å². The van der Waals surface area contributed by atoms with E-state index in [1.807, 2.05) is 12.1 Å². The monoisotopic (exact) mass is 332 g/mol. The fourth-order valence-electron chi connectivity index (χ4n) is 3.26. The van der Waals surface area contributed by atoms with Crippen molar-refractivity contribution in [1.82, 2.24) is 0 Å². The molecule has 0 aromatic heterocycles. The third kappa shape index (κ3) is 2.80. The third-order valence-corrected chi connectivity index (χ3v) is 5.39. The number of rotatable bonds is 1. The van der Waals surface area contributed by atoms with Crippen LogP contribution in [0.5, 0.6) is 0 Å². The average Bonchev–Trinajstić information content (AvgIpc) is 2.56. The van der Waals surface area contributed by atoms with E-state index in [9.17, 15) is 0 Å². The molecule has 2 nitrogen and oxygen atoms in total. The molecule has 0 amide bonds. The van der Waals surface area contributed by atoms with Crippen LogP contribution in [-0.4, -0.2) is 10.6 Å². The van der Waals surface area contributed by atoms with E-state index in [1.54, 1.807) is 11.8 Å². The summed E-state index contributed by atoms with van der Waals surface area (Å²) >= 11 is 1.72. The second kappa shape index (κ2) is 5.67. The summed E-state index contributed by atoms with van der Waals surface area (Å²) in [7, 11) is 0. The number of nitrogen functional groups attached to an aromatic ring is 1. The fourth-order valence-corrected chi connectivity index (χ4v) is 4.35. The maximum Gasteiger partial charge on any atom is 0.103 e. The van der Waals surface area contributed by atoms with Crippen molar-refractivity contribution in [2.24, 2.45) is 4.99 Å². The summed E-state index contributed by atoms with van der Waals surface area (Å²) < 4.78 is 0. The van der Waals surface area contributed by atoms with Crippen LogP contribution in [0.2, 0.25) is 0 Å². The molecule has 4 rings (SSSR count). The van der Waals surface area contributed by atoms with Crippen LogP contribution in [0.3, 0.4) is 0 Å². The molecule has 0 unspecified atom stereocenters. The molecular weight excluding hydrogens is 312 g/mol. The highest BCUT2D eigenvalue weighted by molar-refractivity contribution is 8.14. The SMILES string of the molecule is CC1(C)Cc2c(ccc3ccccc23)C(Sc2ccc(N)cc2)=N1. The van der Waals surface area contributed by atoms with Gasteiger partial charge in [-0.25, -0.2) is 0 Å². The zero-order valence-electron chi connectivity index (χ0n) is 13.9. The number of nitrogens with zero attached hydrogens (tertiary/aromatic N) is 1. The lowest BCUT2D eigenvalue weighted by Crippen LogP contribution is -2.28. The lowest BCUT2D eigenvalue weighted by atomic mass is 9.86. The number of fused-ring (bicyclic) bond motifs is 3. The Labute approximate surface area is 146 Å². The molecule has 1 heterocycles. The molecular formula is C21H20N2S. The summed E-state index contributed by atoms with van der Waals surface area (Å²) in [5.41, 5.74) is 9.17. The maximum atomic E-state index is 5.80. The van der Waals surface area contributed by atoms with Gasteiger partial charge in [0, 0.05) is 16.1 Å². The van der Waals surface area contributed by atoms with Gasteiger partial charge in [0.05, 0.1) is 5.54 Å². The highest BCUT2D eigenvalue weighted by Gasteiger charge is 2.28. The van der Waals surface area contributed by atoms with Gasteiger partial charge in [-0.2, -0.15) is 0 Å². The van der Waals surface area contributed by atoms with Gasteiger partial charge < -0.3 is 5.73 Å². The summed E-state index contributed by atoms with van der Waals surface area (Å²) in [6.45, 7) is 4.42. The summed E-state index contributed by atoms with van der Waals surface area (Å²) in [6, 6.07) is 21.0. The highest BCUT2D eigenvalue weighted by Crippen LogP contribution is 2.37. The molecule has 1 aliphatic rings. The van der Waals surface area contributed by atoms with E-state index in [4.69, 9.17) is 10.7 Å². The van der Waals surface area contributed by atoms with Crippen LogP contribution in [0.25, 0.3) is 10.8 Å². The van der Waals surface area contributed by atoms with Crippen LogP contribution < -0.4 is 5.73 Å².